The molecule has 7 nitrogen and oxygen atoms in total. The van der Waals surface area contributed by atoms with Gasteiger partial charge < -0.3 is 15.1 Å². The van der Waals surface area contributed by atoms with Gasteiger partial charge in [-0.05, 0) is 35.7 Å². The molecule has 2 amide bonds. The number of hydrogen-bond acceptors (Lipinski definition) is 5. The number of fused-ring (bicyclic) bond motifs is 1. The molecular formula is C21H24N6O. The molecule has 0 radical (unpaired) electrons. The largest absolute Gasteiger partial charge is 0.354 e. The Bertz CT molecular complexity index is 873. The zero-order valence-corrected chi connectivity index (χ0v) is 16.2. The summed E-state index contributed by atoms with van der Waals surface area (Å²) < 4.78 is 0. The van der Waals surface area contributed by atoms with Crippen LogP contribution in [0.5, 0.6) is 0 Å². The summed E-state index contributed by atoms with van der Waals surface area (Å²) in [6.45, 7) is 7.53. The molecule has 1 N–H and O–H groups in total. The number of carbonyl (C=O) groups is 1. The van der Waals surface area contributed by atoms with Crippen LogP contribution in [0.25, 0.3) is 0 Å². The smallest absolute Gasteiger partial charge is 0.321 e. The van der Waals surface area contributed by atoms with Gasteiger partial charge in [-0.2, -0.15) is 5.26 Å². The van der Waals surface area contributed by atoms with Crippen LogP contribution < -0.4 is 10.2 Å². The van der Waals surface area contributed by atoms with E-state index in [2.05, 4.69) is 46.4 Å². The van der Waals surface area contributed by atoms with Gasteiger partial charge in [0.2, 0.25) is 0 Å². The predicted molar refractivity (Wildman–Crippen MR) is 107 cm³/mol. The van der Waals surface area contributed by atoms with Gasteiger partial charge in [0, 0.05) is 43.7 Å². The average Bonchev–Trinajstić information content (AvgIpc) is 3.28. The van der Waals surface area contributed by atoms with E-state index < -0.39 is 0 Å². The number of carbonyl (C=O) groups excluding carboxylic acids is 1. The highest BCUT2D eigenvalue weighted by molar-refractivity contribution is 5.89. The topological polar surface area (TPSA) is 85.2 Å². The van der Waals surface area contributed by atoms with E-state index in [4.69, 9.17) is 5.26 Å². The molecule has 28 heavy (non-hydrogen) atoms. The predicted octanol–water partition coefficient (Wildman–Crippen LogP) is 3.07. The Kier molecular flexibility index (Phi) is 4.86. The second-order valence-corrected chi connectivity index (χ2v) is 7.93. The highest BCUT2D eigenvalue weighted by atomic mass is 16.2. The first-order chi connectivity index (χ1) is 13.5. The molecule has 2 aliphatic rings. The van der Waals surface area contributed by atoms with Crippen LogP contribution in [-0.4, -0.2) is 47.3 Å². The lowest BCUT2D eigenvalue weighted by molar-refractivity contribution is 0.219. The Morgan fingerprint density at radius 3 is 2.29 bits per heavy atom. The summed E-state index contributed by atoms with van der Waals surface area (Å²) in [4.78, 5) is 16.7. The van der Waals surface area contributed by atoms with E-state index in [1.54, 1.807) is 6.07 Å². The number of nitriles is 1. The Balaban J connectivity index is 1.33. The third kappa shape index (κ3) is 3.63. The Morgan fingerprint density at radius 2 is 1.75 bits per heavy atom. The molecule has 2 saturated heterocycles. The first-order valence-electron chi connectivity index (χ1n) is 9.68. The molecule has 1 aromatic heterocycles. The van der Waals surface area contributed by atoms with E-state index in [1.165, 1.54) is 5.56 Å². The quantitative estimate of drug-likeness (QED) is 0.890. The highest BCUT2D eigenvalue weighted by Crippen LogP contribution is 2.33. The standard InChI is InChI=1S/C21H24N6O/c1-14(2)15-3-5-18(6-4-15)23-21(28)27-12-16-10-26(11-17(16)13-27)20-8-7-19(9-22)24-25-20/h3-8,14,16-17H,10-13H2,1-2H3,(H,23,28)/t16-,17+. The van der Waals surface area contributed by atoms with Gasteiger partial charge in [0.15, 0.2) is 11.5 Å². The fraction of sp³-hybridized carbons (Fsp3) is 0.429. The van der Waals surface area contributed by atoms with Gasteiger partial charge in [-0.15, -0.1) is 10.2 Å². The number of aromatic nitrogens is 2. The zero-order valence-electron chi connectivity index (χ0n) is 16.2. The molecule has 3 heterocycles. The lowest BCUT2D eigenvalue weighted by Gasteiger charge is -2.22. The molecule has 2 aromatic rings. The number of nitrogens with zero attached hydrogens (tertiary/aromatic N) is 5. The van der Waals surface area contributed by atoms with E-state index in [9.17, 15) is 4.79 Å². The summed E-state index contributed by atoms with van der Waals surface area (Å²) in [6.07, 6.45) is 0. The zero-order chi connectivity index (χ0) is 19.7. The van der Waals surface area contributed by atoms with E-state index in [0.29, 0.717) is 23.4 Å². The Hall–Kier alpha value is -3.14. The number of rotatable bonds is 3. The van der Waals surface area contributed by atoms with Crippen LogP contribution in [0.1, 0.15) is 31.0 Å². The minimum Gasteiger partial charge on any atom is -0.354 e. The fourth-order valence-corrected chi connectivity index (χ4v) is 4.05. The molecule has 0 bridgehead atoms. The number of anilines is 2. The first kappa shape index (κ1) is 18.2. The van der Waals surface area contributed by atoms with Crippen molar-refractivity contribution in [2.75, 3.05) is 36.4 Å². The van der Waals surface area contributed by atoms with Crippen LogP contribution in [0, 0.1) is 23.2 Å². The van der Waals surface area contributed by atoms with Crippen molar-refractivity contribution in [3.63, 3.8) is 0 Å². The molecule has 7 heteroatoms. The van der Waals surface area contributed by atoms with Crippen LogP contribution >= 0.6 is 0 Å². The molecule has 1 aromatic carbocycles. The third-order valence-corrected chi connectivity index (χ3v) is 5.69. The molecular weight excluding hydrogens is 352 g/mol. The molecule has 144 valence electrons. The van der Waals surface area contributed by atoms with E-state index >= 15 is 0 Å². The van der Waals surface area contributed by atoms with Gasteiger partial charge in [-0.1, -0.05) is 26.0 Å². The van der Waals surface area contributed by atoms with Crippen LogP contribution in [0.15, 0.2) is 36.4 Å². The number of nitrogens with one attached hydrogen (secondary N) is 1. The van der Waals surface area contributed by atoms with Gasteiger partial charge >= 0.3 is 6.03 Å². The Labute approximate surface area is 165 Å². The van der Waals surface area contributed by atoms with Gasteiger partial charge in [-0.3, -0.25) is 0 Å². The minimum absolute atomic E-state index is 0.0311. The summed E-state index contributed by atoms with van der Waals surface area (Å²) in [5.41, 5.74) is 2.42. The second kappa shape index (κ2) is 7.47. The van der Waals surface area contributed by atoms with Crippen LogP contribution in [0.2, 0.25) is 0 Å². The second-order valence-electron chi connectivity index (χ2n) is 7.93. The number of benzene rings is 1. The molecule has 2 aliphatic heterocycles. The maximum absolute atomic E-state index is 12.6. The number of hydrogen-bond donors (Lipinski definition) is 1. The van der Waals surface area contributed by atoms with Crippen LogP contribution in [-0.2, 0) is 0 Å². The van der Waals surface area contributed by atoms with Crippen molar-refractivity contribution in [2.45, 2.75) is 19.8 Å². The van der Waals surface area contributed by atoms with Crippen molar-refractivity contribution in [2.24, 2.45) is 11.8 Å². The third-order valence-electron chi connectivity index (χ3n) is 5.69. The molecule has 0 aliphatic carbocycles. The van der Waals surface area contributed by atoms with Gasteiger partial charge in [-0.25, -0.2) is 4.79 Å². The molecule has 4 rings (SSSR count). The minimum atomic E-state index is -0.0311. The summed E-state index contributed by atoms with van der Waals surface area (Å²) in [7, 11) is 0. The molecule has 2 fully saturated rings. The number of amides is 2. The monoisotopic (exact) mass is 376 g/mol. The van der Waals surface area contributed by atoms with Crippen molar-refractivity contribution in [3.05, 3.63) is 47.7 Å². The summed E-state index contributed by atoms with van der Waals surface area (Å²) in [5.74, 6) is 2.15. The Morgan fingerprint density at radius 1 is 1.07 bits per heavy atom. The van der Waals surface area contributed by atoms with E-state index in [0.717, 1.165) is 37.7 Å². The summed E-state index contributed by atoms with van der Waals surface area (Å²) in [5, 5.41) is 19.9. The summed E-state index contributed by atoms with van der Waals surface area (Å²) in [6, 6.07) is 13.6. The normalized spacial score (nSPS) is 20.9. The number of urea groups is 1. The van der Waals surface area contributed by atoms with Crippen molar-refractivity contribution in [3.8, 4) is 6.07 Å². The molecule has 0 saturated carbocycles. The van der Waals surface area contributed by atoms with Crippen LogP contribution in [0.4, 0.5) is 16.3 Å². The van der Waals surface area contributed by atoms with Gasteiger partial charge in [0.05, 0.1) is 0 Å². The lowest BCUT2D eigenvalue weighted by atomic mass is 10.0. The maximum Gasteiger partial charge on any atom is 0.321 e. The first-order valence-corrected chi connectivity index (χ1v) is 9.68. The molecule has 2 atom stereocenters. The fourth-order valence-electron chi connectivity index (χ4n) is 4.05. The highest BCUT2D eigenvalue weighted by Gasteiger charge is 2.42. The average molecular weight is 376 g/mol. The SMILES string of the molecule is CC(C)c1ccc(NC(=O)N2C[C@@H]3CN(c4ccc(C#N)nn4)C[C@@H]3C2)cc1. The van der Waals surface area contributed by atoms with E-state index in [-0.39, 0.29) is 6.03 Å². The van der Waals surface area contributed by atoms with Gasteiger partial charge in [0.25, 0.3) is 0 Å². The number of likely N-dealkylation sites (tertiary alicyclic amines) is 1. The summed E-state index contributed by atoms with van der Waals surface area (Å²) >= 11 is 0. The lowest BCUT2D eigenvalue weighted by Crippen LogP contribution is -2.36. The van der Waals surface area contributed by atoms with Crippen molar-refractivity contribution in [1.29, 1.82) is 5.26 Å². The van der Waals surface area contributed by atoms with Crippen molar-refractivity contribution < 1.29 is 4.79 Å². The van der Waals surface area contributed by atoms with Crippen molar-refractivity contribution >= 4 is 17.5 Å². The van der Waals surface area contributed by atoms with Gasteiger partial charge in [0.1, 0.15) is 6.07 Å². The van der Waals surface area contributed by atoms with E-state index in [1.807, 2.05) is 29.2 Å². The van der Waals surface area contributed by atoms with Crippen molar-refractivity contribution in [1.82, 2.24) is 15.1 Å². The molecule has 0 spiro atoms. The maximum atomic E-state index is 12.6. The van der Waals surface area contributed by atoms with Crippen LogP contribution in [0.3, 0.4) is 0 Å². The molecule has 0 unspecified atom stereocenters.